The lowest BCUT2D eigenvalue weighted by atomic mass is 9.95. The number of amides is 1. The summed E-state index contributed by atoms with van der Waals surface area (Å²) < 4.78 is 9.91. The molecule has 0 atom stereocenters. The van der Waals surface area contributed by atoms with Crippen molar-refractivity contribution in [2.45, 2.75) is 38.8 Å². The molecule has 0 saturated heterocycles. The first-order valence-electron chi connectivity index (χ1n) is 5.93. The summed E-state index contributed by atoms with van der Waals surface area (Å²) in [5.41, 5.74) is 0.0477. The number of alkyl halides is 1. The van der Waals surface area contributed by atoms with E-state index in [1.807, 2.05) is 13.8 Å². The Bertz CT molecular complexity index is 380. The summed E-state index contributed by atoms with van der Waals surface area (Å²) in [6.45, 7) is 4.40. The minimum atomic E-state index is -0.239. The number of ether oxygens (including phenoxy) is 1. The second-order valence-corrected chi connectivity index (χ2v) is 4.75. The number of hydrogen-bond acceptors (Lipinski definition) is 4. The van der Waals surface area contributed by atoms with E-state index in [9.17, 15) is 4.79 Å². The number of methoxy groups -OCH3 is 1. The summed E-state index contributed by atoms with van der Waals surface area (Å²) in [5, 5.41) is 7.45. The summed E-state index contributed by atoms with van der Waals surface area (Å²) in [6.07, 6.45) is 1.70. The molecule has 1 amide bonds. The van der Waals surface area contributed by atoms with Crippen LogP contribution in [0.15, 0.2) is 10.6 Å². The van der Waals surface area contributed by atoms with Crippen molar-refractivity contribution in [1.82, 2.24) is 10.5 Å². The largest absolute Gasteiger partial charge is 0.377 e. The lowest BCUT2D eigenvalue weighted by Crippen LogP contribution is -2.49. The zero-order chi connectivity index (χ0) is 13.6. The Morgan fingerprint density at radius 1 is 1.56 bits per heavy atom. The number of nitrogens with one attached hydrogen (secondary N) is 1. The molecular formula is C12H19BrN2O3. The van der Waals surface area contributed by atoms with Crippen LogP contribution in [0, 0.1) is 0 Å². The third-order valence-electron chi connectivity index (χ3n) is 3.07. The molecule has 1 rings (SSSR count). The molecule has 1 heterocycles. The number of nitrogens with zero attached hydrogens (tertiary/aromatic N) is 1. The Kier molecular flexibility index (Phi) is 5.81. The van der Waals surface area contributed by atoms with Crippen LogP contribution in [0.1, 0.15) is 42.9 Å². The van der Waals surface area contributed by atoms with Gasteiger partial charge in [0.15, 0.2) is 11.5 Å². The maximum atomic E-state index is 12.1. The maximum absolute atomic E-state index is 12.1. The fourth-order valence-electron chi connectivity index (χ4n) is 1.58. The lowest BCUT2D eigenvalue weighted by Gasteiger charge is -2.30. The van der Waals surface area contributed by atoms with Crippen LogP contribution in [0.25, 0.3) is 0 Å². The third kappa shape index (κ3) is 3.55. The van der Waals surface area contributed by atoms with E-state index in [1.54, 1.807) is 13.2 Å². The van der Waals surface area contributed by atoms with Gasteiger partial charge in [0.25, 0.3) is 5.91 Å². The number of halogens is 1. The predicted octanol–water partition coefficient (Wildman–Crippen LogP) is 2.50. The maximum Gasteiger partial charge on any atom is 0.273 e. The fraction of sp³-hybridized carbons (Fsp3) is 0.667. The molecule has 0 aromatic carbocycles. The highest BCUT2D eigenvalue weighted by Gasteiger charge is 2.28. The second kappa shape index (κ2) is 6.89. The first-order chi connectivity index (χ1) is 8.60. The minimum absolute atomic E-state index is 0.218. The van der Waals surface area contributed by atoms with Gasteiger partial charge in [0.2, 0.25) is 0 Å². The molecule has 6 heteroatoms. The number of carbonyl (C=O) groups is 1. The number of aromatic nitrogens is 1. The average molecular weight is 319 g/mol. The van der Waals surface area contributed by atoms with Gasteiger partial charge in [-0.1, -0.05) is 34.9 Å². The van der Waals surface area contributed by atoms with Crippen LogP contribution < -0.4 is 5.32 Å². The highest BCUT2D eigenvalue weighted by Crippen LogP contribution is 2.19. The van der Waals surface area contributed by atoms with E-state index in [0.29, 0.717) is 17.7 Å². The van der Waals surface area contributed by atoms with Gasteiger partial charge >= 0.3 is 0 Å². The van der Waals surface area contributed by atoms with Crippen LogP contribution in [0.3, 0.4) is 0 Å². The molecule has 0 saturated carbocycles. The van der Waals surface area contributed by atoms with Crippen LogP contribution in [0.2, 0.25) is 0 Å². The molecule has 0 aliphatic heterocycles. The zero-order valence-corrected chi connectivity index (χ0v) is 12.5. The Labute approximate surface area is 115 Å². The molecule has 0 aliphatic rings. The van der Waals surface area contributed by atoms with Gasteiger partial charge < -0.3 is 14.6 Å². The van der Waals surface area contributed by atoms with Crippen molar-refractivity contribution in [2.75, 3.05) is 12.4 Å². The highest BCUT2D eigenvalue weighted by atomic mass is 79.9. The third-order valence-corrected chi connectivity index (χ3v) is 4.14. The van der Waals surface area contributed by atoms with Gasteiger partial charge in [-0.25, -0.2) is 0 Å². The van der Waals surface area contributed by atoms with Crippen LogP contribution in [0.4, 0.5) is 0 Å². The number of hydrogen-bond donors (Lipinski definition) is 1. The van der Waals surface area contributed by atoms with Crippen LogP contribution in [0.5, 0.6) is 0 Å². The minimum Gasteiger partial charge on any atom is -0.377 e. The first kappa shape index (κ1) is 15.2. The molecule has 1 N–H and O–H groups in total. The van der Waals surface area contributed by atoms with E-state index in [1.165, 1.54) is 0 Å². The van der Waals surface area contributed by atoms with Crippen LogP contribution in [-0.4, -0.2) is 29.0 Å². The molecular weight excluding hydrogens is 300 g/mol. The van der Waals surface area contributed by atoms with Crippen LogP contribution >= 0.6 is 15.9 Å². The molecule has 102 valence electrons. The quantitative estimate of drug-likeness (QED) is 0.784. The van der Waals surface area contributed by atoms with E-state index in [4.69, 9.17) is 9.26 Å². The standard InChI is InChI=1S/C12H19BrN2O3/c1-4-12(5-2,8-13)14-11(16)10-6-9(7-17-3)18-15-10/h6H,4-5,7-8H2,1-3H3,(H,14,16). The number of carbonyl (C=O) groups excluding carboxylic acids is 1. The van der Waals surface area contributed by atoms with E-state index < -0.39 is 0 Å². The summed E-state index contributed by atoms with van der Waals surface area (Å²) in [6, 6.07) is 1.60. The predicted molar refractivity (Wildman–Crippen MR) is 71.8 cm³/mol. The van der Waals surface area contributed by atoms with Gasteiger partial charge in [-0.2, -0.15) is 0 Å². The highest BCUT2D eigenvalue weighted by molar-refractivity contribution is 9.09. The molecule has 1 aromatic rings. The van der Waals surface area contributed by atoms with E-state index in [0.717, 1.165) is 12.8 Å². The van der Waals surface area contributed by atoms with Gasteiger partial charge in [-0.3, -0.25) is 4.79 Å². The lowest BCUT2D eigenvalue weighted by molar-refractivity contribution is 0.0893. The summed E-state index contributed by atoms with van der Waals surface area (Å²) in [5.74, 6) is 0.323. The zero-order valence-electron chi connectivity index (χ0n) is 11.0. The van der Waals surface area contributed by atoms with Crippen molar-refractivity contribution in [2.24, 2.45) is 0 Å². The van der Waals surface area contributed by atoms with Gasteiger partial charge in [0.1, 0.15) is 6.61 Å². The van der Waals surface area contributed by atoms with Gasteiger partial charge in [0.05, 0.1) is 0 Å². The van der Waals surface area contributed by atoms with Gasteiger partial charge in [-0.15, -0.1) is 0 Å². The topological polar surface area (TPSA) is 64.4 Å². The Hall–Kier alpha value is -0.880. The molecule has 0 bridgehead atoms. The summed E-state index contributed by atoms with van der Waals surface area (Å²) >= 11 is 3.45. The van der Waals surface area contributed by atoms with Crippen molar-refractivity contribution < 1.29 is 14.1 Å². The first-order valence-corrected chi connectivity index (χ1v) is 7.06. The Morgan fingerprint density at radius 3 is 2.72 bits per heavy atom. The summed E-state index contributed by atoms with van der Waals surface area (Å²) in [4.78, 5) is 12.1. The second-order valence-electron chi connectivity index (χ2n) is 4.19. The van der Waals surface area contributed by atoms with Gasteiger partial charge in [0, 0.05) is 24.0 Å². The van der Waals surface area contributed by atoms with E-state index >= 15 is 0 Å². The molecule has 0 unspecified atom stereocenters. The van der Waals surface area contributed by atoms with Crippen molar-refractivity contribution in [3.8, 4) is 0 Å². The van der Waals surface area contributed by atoms with Crippen molar-refractivity contribution in [3.05, 3.63) is 17.5 Å². The van der Waals surface area contributed by atoms with Crippen molar-refractivity contribution in [1.29, 1.82) is 0 Å². The van der Waals surface area contributed by atoms with Crippen LogP contribution in [-0.2, 0) is 11.3 Å². The molecule has 0 spiro atoms. The molecule has 0 radical (unpaired) electrons. The fourth-order valence-corrected chi connectivity index (χ4v) is 2.52. The van der Waals surface area contributed by atoms with Crippen molar-refractivity contribution >= 4 is 21.8 Å². The molecule has 1 aromatic heterocycles. The Morgan fingerprint density at radius 2 is 2.22 bits per heavy atom. The molecule has 18 heavy (non-hydrogen) atoms. The monoisotopic (exact) mass is 318 g/mol. The Balaban J connectivity index is 2.74. The molecule has 5 nitrogen and oxygen atoms in total. The SMILES string of the molecule is CCC(CC)(CBr)NC(=O)c1cc(COC)on1. The van der Waals surface area contributed by atoms with E-state index in [-0.39, 0.29) is 17.1 Å². The molecule has 0 aliphatic carbocycles. The smallest absolute Gasteiger partial charge is 0.273 e. The van der Waals surface area contributed by atoms with Gasteiger partial charge in [-0.05, 0) is 12.8 Å². The van der Waals surface area contributed by atoms with Crippen molar-refractivity contribution in [3.63, 3.8) is 0 Å². The molecule has 0 fully saturated rings. The average Bonchev–Trinajstić information content (AvgIpc) is 2.85. The van der Waals surface area contributed by atoms with E-state index in [2.05, 4.69) is 26.4 Å². The normalized spacial score (nSPS) is 11.6. The number of rotatable bonds is 7. The summed E-state index contributed by atoms with van der Waals surface area (Å²) in [7, 11) is 1.56.